The van der Waals surface area contributed by atoms with Gasteiger partial charge in [0.25, 0.3) is 0 Å². The molecule has 0 saturated carbocycles. The van der Waals surface area contributed by atoms with Crippen LogP contribution in [0.3, 0.4) is 0 Å². The van der Waals surface area contributed by atoms with Crippen LogP contribution in [0.4, 0.5) is 4.39 Å². The molecule has 1 aromatic carbocycles. The molecule has 2 aliphatic rings. The summed E-state index contributed by atoms with van der Waals surface area (Å²) in [4.78, 5) is 14.8. The molecule has 2 unspecified atom stereocenters. The van der Waals surface area contributed by atoms with E-state index in [2.05, 4.69) is 10.6 Å². The molecule has 5 nitrogen and oxygen atoms in total. The maximum atomic E-state index is 14.2. The Balaban J connectivity index is 1.73. The van der Waals surface area contributed by atoms with Gasteiger partial charge in [0, 0.05) is 31.2 Å². The second kappa shape index (κ2) is 7.86. The maximum Gasteiger partial charge on any atom is 0.242 e. The molecule has 1 amide bonds. The van der Waals surface area contributed by atoms with Crippen LogP contribution >= 0.6 is 0 Å². The van der Waals surface area contributed by atoms with Gasteiger partial charge in [-0.25, -0.2) is 4.39 Å². The number of benzene rings is 1. The van der Waals surface area contributed by atoms with Gasteiger partial charge in [0.05, 0.1) is 13.2 Å². The van der Waals surface area contributed by atoms with Gasteiger partial charge in [-0.2, -0.15) is 0 Å². The van der Waals surface area contributed by atoms with Crippen molar-refractivity contribution in [3.8, 4) is 0 Å². The fraction of sp³-hybridized carbons (Fsp3) is 0.588. The van der Waals surface area contributed by atoms with E-state index in [1.54, 1.807) is 18.2 Å². The van der Waals surface area contributed by atoms with E-state index in [9.17, 15) is 9.18 Å². The summed E-state index contributed by atoms with van der Waals surface area (Å²) in [6.07, 6.45) is 2.21. The number of halogens is 1. The quantitative estimate of drug-likeness (QED) is 0.852. The van der Waals surface area contributed by atoms with E-state index in [4.69, 9.17) is 4.74 Å². The maximum absolute atomic E-state index is 14.2. The molecule has 6 heteroatoms. The number of carbonyl (C=O) groups excluding carboxylic acids is 1. The molecule has 2 N–H and O–H groups in total. The summed E-state index contributed by atoms with van der Waals surface area (Å²) in [7, 11) is 0. The molecule has 2 fully saturated rings. The van der Waals surface area contributed by atoms with Crippen LogP contribution in [0, 0.1) is 5.82 Å². The van der Waals surface area contributed by atoms with E-state index in [0.29, 0.717) is 44.5 Å². The van der Waals surface area contributed by atoms with Gasteiger partial charge in [0.1, 0.15) is 11.9 Å². The minimum Gasteiger partial charge on any atom is -0.379 e. The van der Waals surface area contributed by atoms with Crippen LogP contribution in [-0.2, 0) is 9.53 Å². The summed E-state index contributed by atoms with van der Waals surface area (Å²) in [5.41, 5.74) is 0.436. The van der Waals surface area contributed by atoms with E-state index >= 15 is 0 Å². The fourth-order valence-corrected chi connectivity index (χ4v) is 3.29. The van der Waals surface area contributed by atoms with E-state index in [0.717, 1.165) is 19.4 Å². The highest BCUT2D eigenvalue weighted by molar-refractivity contribution is 5.83. The van der Waals surface area contributed by atoms with Gasteiger partial charge in [-0.3, -0.25) is 9.69 Å². The van der Waals surface area contributed by atoms with Gasteiger partial charge in [0.15, 0.2) is 0 Å². The van der Waals surface area contributed by atoms with E-state index < -0.39 is 6.04 Å². The summed E-state index contributed by atoms with van der Waals surface area (Å²) in [6, 6.07) is 6.26. The Labute approximate surface area is 136 Å². The Morgan fingerprint density at radius 1 is 1.39 bits per heavy atom. The molecule has 126 valence electrons. The molecule has 2 heterocycles. The van der Waals surface area contributed by atoms with Crippen molar-refractivity contribution in [2.45, 2.75) is 24.9 Å². The third kappa shape index (κ3) is 4.07. The van der Waals surface area contributed by atoms with Gasteiger partial charge in [-0.05, 0) is 25.5 Å². The fourth-order valence-electron chi connectivity index (χ4n) is 3.29. The summed E-state index contributed by atoms with van der Waals surface area (Å²) in [6.45, 7) is 4.00. The van der Waals surface area contributed by atoms with Crippen molar-refractivity contribution in [1.82, 2.24) is 15.5 Å². The number of hydrogen-bond donors (Lipinski definition) is 2. The lowest BCUT2D eigenvalue weighted by atomic mass is 10.0. The van der Waals surface area contributed by atoms with Gasteiger partial charge in [-0.15, -0.1) is 0 Å². The van der Waals surface area contributed by atoms with Crippen molar-refractivity contribution in [1.29, 1.82) is 0 Å². The Morgan fingerprint density at radius 2 is 2.17 bits per heavy atom. The first-order chi connectivity index (χ1) is 11.3. The lowest BCUT2D eigenvalue weighted by Crippen LogP contribution is -2.48. The number of amides is 1. The third-order valence-corrected chi connectivity index (χ3v) is 4.54. The van der Waals surface area contributed by atoms with Crippen molar-refractivity contribution >= 4 is 5.91 Å². The van der Waals surface area contributed by atoms with Crippen LogP contribution in [-0.4, -0.2) is 56.2 Å². The number of nitrogens with zero attached hydrogens (tertiary/aromatic N) is 1. The van der Waals surface area contributed by atoms with Crippen LogP contribution in [0.15, 0.2) is 24.3 Å². The van der Waals surface area contributed by atoms with Crippen molar-refractivity contribution in [2.24, 2.45) is 0 Å². The number of nitrogens with one attached hydrogen (secondary N) is 2. The van der Waals surface area contributed by atoms with Crippen LogP contribution in [0.25, 0.3) is 0 Å². The Bertz CT molecular complexity index is 528. The summed E-state index contributed by atoms with van der Waals surface area (Å²) in [5, 5.41) is 6.36. The molecule has 2 saturated heterocycles. The summed E-state index contributed by atoms with van der Waals surface area (Å²) in [5.74, 6) is -0.469. The molecular weight excluding hydrogens is 297 g/mol. The second-order valence-electron chi connectivity index (χ2n) is 6.11. The molecule has 0 aliphatic carbocycles. The van der Waals surface area contributed by atoms with Crippen LogP contribution in [0.5, 0.6) is 0 Å². The van der Waals surface area contributed by atoms with Crippen molar-refractivity contribution < 1.29 is 13.9 Å². The van der Waals surface area contributed by atoms with Gasteiger partial charge in [-0.1, -0.05) is 18.2 Å². The van der Waals surface area contributed by atoms with Gasteiger partial charge < -0.3 is 15.4 Å². The van der Waals surface area contributed by atoms with Crippen LogP contribution < -0.4 is 10.6 Å². The zero-order valence-corrected chi connectivity index (χ0v) is 13.3. The number of carbonyl (C=O) groups is 1. The number of morpholine rings is 1. The Morgan fingerprint density at radius 3 is 2.87 bits per heavy atom. The Hall–Kier alpha value is -1.50. The predicted molar refractivity (Wildman–Crippen MR) is 85.6 cm³/mol. The molecule has 2 atom stereocenters. The standard InChI is InChI=1S/C17H24FN3O2/c18-15-6-2-1-5-14(15)16(21-8-10-23-11-9-21)17(22)20-12-13-4-3-7-19-13/h1-2,5-6,13,16,19H,3-4,7-12H2,(H,20,22). The smallest absolute Gasteiger partial charge is 0.242 e. The second-order valence-corrected chi connectivity index (χ2v) is 6.11. The average molecular weight is 321 g/mol. The molecule has 0 bridgehead atoms. The molecule has 0 spiro atoms. The first-order valence-electron chi connectivity index (χ1n) is 8.33. The first-order valence-corrected chi connectivity index (χ1v) is 8.33. The highest BCUT2D eigenvalue weighted by Gasteiger charge is 2.31. The first kappa shape index (κ1) is 16.4. The van der Waals surface area contributed by atoms with E-state index in [1.165, 1.54) is 6.07 Å². The van der Waals surface area contributed by atoms with E-state index in [1.807, 2.05) is 4.90 Å². The minimum atomic E-state index is -0.596. The third-order valence-electron chi connectivity index (χ3n) is 4.54. The summed E-state index contributed by atoms with van der Waals surface area (Å²) < 4.78 is 19.6. The molecule has 23 heavy (non-hydrogen) atoms. The van der Waals surface area contributed by atoms with Crippen molar-refractivity contribution in [2.75, 3.05) is 39.4 Å². The van der Waals surface area contributed by atoms with Gasteiger partial charge in [0.2, 0.25) is 5.91 Å². The lowest BCUT2D eigenvalue weighted by Gasteiger charge is -2.34. The Kier molecular flexibility index (Phi) is 5.59. The van der Waals surface area contributed by atoms with Crippen molar-refractivity contribution in [3.05, 3.63) is 35.6 Å². The zero-order chi connectivity index (χ0) is 16.1. The number of ether oxygens (including phenoxy) is 1. The van der Waals surface area contributed by atoms with E-state index in [-0.39, 0.29) is 11.7 Å². The largest absolute Gasteiger partial charge is 0.379 e. The molecule has 0 radical (unpaired) electrons. The van der Waals surface area contributed by atoms with Crippen molar-refractivity contribution in [3.63, 3.8) is 0 Å². The zero-order valence-electron chi connectivity index (χ0n) is 13.3. The highest BCUT2D eigenvalue weighted by atomic mass is 19.1. The molecule has 1 aromatic rings. The molecule has 0 aromatic heterocycles. The predicted octanol–water partition coefficient (Wildman–Crippen LogP) is 1.07. The average Bonchev–Trinajstić information content (AvgIpc) is 3.09. The monoisotopic (exact) mass is 321 g/mol. The minimum absolute atomic E-state index is 0.134. The molecule has 2 aliphatic heterocycles. The molecular formula is C17H24FN3O2. The van der Waals surface area contributed by atoms with Crippen LogP contribution in [0.1, 0.15) is 24.4 Å². The SMILES string of the molecule is O=C(NCC1CCCN1)C(c1ccccc1F)N1CCOCC1. The summed E-state index contributed by atoms with van der Waals surface area (Å²) >= 11 is 0. The lowest BCUT2D eigenvalue weighted by molar-refractivity contribution is -0.128. The number of rotatable bonds is 5. The van der Waals surface area contributed by atoms with Gasteiger partial charge >= 0.3 is 0 Å². The van der Waals surface area contributed by atoms with Crippen LogP contribution in [0.2, 0.25) is 0 Å². The number of hydrogen-bond acceptors (Lipinski definition) is 4. The normalized spacial score (nSPS) is 23.6. The highest BCUT2D eigenvalue weighted by Crippen LogP contribution is 2.24. The molecule has 3 rings (SSSR count). The topological polar surface area (TPSA) is 53.6 Å².